The van der Waals surface area contributed by atoms with Crippen molar-refractivity contribution in [1.82, 2.24) is 9.38 Å². The van der Waals surface area contributed by atoms with Crippen LogP contribution in [0.5, 0.6) is 0 Å². The summed E-state index contributed by atoms with van der Waals surface area (Å²) in [5.74, 6) is 1.24. The summed E-state index contributed by atoms with van der Waals surface area (Å²) in [5, 5.41) is 19.1. The Balaban J connectivity index is 1.73. The molecule has 0 amide bonds. The summed E-state index contributed by atoms with van der Waals surface area (Å²) in [7, 11) is 0. The summed E-state index contributed by atoms with van der Waals surface area (Å²) in [4.78, 5) is 8.78. The minimum atomic E-state index is 0.248. The molecule has 138 valence electrons. The van der Waals surface area contributed by atoms with E-state index in [1.807, 2.05) is 18.2 Å². The Morgan fingerprint density at radius 2 is 1.93 bits per heavy atom. The van der Waals surface area contributed by atoms with Crippen LogP contribution in [0.1, 0.15) is 23.1 Å². The Labute approximate surface area is 158 Å². The number of anilines is 1. The molecule has 5 rings (SSSR count). The molecule has 1 aliphatic heterocycles. The van der Waals surface area contributed by atoms with Gasteiger partial charge in [0.2, 0.25) is 0 Å². The summed E-state index contributed by atoms with van der Waals surface area (Å²) >= 11 is 0. The second kappa shape index (κ2) is 6.52. The summed E-state index contributed by atoms with van der Waals surface area (Å²) in [6.45, 7) is 5.07. The van der Waals surface area contributed by atoms with Gasteiger partial charge in [0.25, 0.3) is 0 Å². The van der Waals surface area contributed by atoms with Crippen molar-refractivity contribution in [2.24, 2.45) is 0 Å². The molecule has 2 N–H and O–H groups in total. The molecular formula is C21H24N5O+. The number of rotatable bonds is 3. The highest BCUT2D eigenvalue weighted by atomic mass is 16.3. The average molecular weight is 362 g/mol. The molecule has 0 bridgehead atoms. The molecule has 3 heterocycles. The molecule has 0 saturated carbocycles. The molecule has 1 fully saturated rings. The van der Waals surface area contributed by atoms with Crippen LogP contribution >= 0.6 is 0 Å². The quantitative estimate of drug-likeness (QED) is 0.714. The van der Waals surface area contributed by atoms with Gasteiger partial charge in [-0.05, 0) is 42.5 Å². The summed E-state index contributed by atoms with van der Waals surface area (Å²) in [6.07, 6.45) is 3.12. The second-order valence-corrected chi connectivity index (χ2v) is 7.59. The lowest BCUT2D eigenvalue weighted by molar-refractivity contribution is -0.900. The normalized spacial score (nSPS) is 17.6. The zero-order chi connectivity index (χ0) is 18.4. The van der Waals surface area contributed by atoms with E-state index in [9.17, 15) is 10.4 Å². The smallest absolute Gasteiger partial charge is 0.157 e. The number of aromatic nitrogens is 2. The van der Waals surface area contributed by atoms with Crippen molar-refractivity contribution < 1.29 is 10.0 Å². The van der Waals surface area contributed by atoms with Crippen LogP contribution in [-0.4, -0.2) is 53.8 Å². The number of benzene rings is 1. The Hall–Kier alpha value is -2.62. The predicted molar refractivity (Wildman–Crippen MR) is 104 cm³/mol. The third kappa shape index (κ3) is 2.50. The van der Waals surface area contributed by atoms with Crippen LogP contribution < -0.4 is 9.80 Å². The lowest BCUT2D eigenvalue weighted by Gasteiger charge is -2.35. The third-order valence-corrected chi connectivity index (χ3v) is 6.13. The monoisotopic (exact) mass is 362 g/mol. The van der Waals surface area contributed by atoms with Crippen molar-refractivity contribution in [3.63, 3.8) is 0 Å². The van der Waals surface area contributed by atoms with Gasteiger partial charge in [0.05, 0.1) is 49.4 Å². The molecule has 0 spiro atoms. The first-order valence-electron chi connectivity index (χ1n) is 9.86. The fourth-order valence-electron chi connectivity index (χ4n) is 4.84. The van der Waals surface area contributed by atoms with Crippen LogP contribution in [0.3, 0.4) is 0 Å². The summed E-state index contributed by atoms with van der Waals surface area (Å²) < 4.78 is 2.23. The van der Waals surface area contributed by atoms with E-state index in [2.05, 4.69) is 21.4 Å². The first kappa shape index (κ1) is 16.5. The number of hydrogen-bond donors (Lipinski definition) is 2. The van der Waals surface area contributed by atoms with Crippen LogP contribution in [0.2, 0.25) is 0 Å². The van der Waals surface area contributed by atoms with E-state index in [1.54, 1.807) is 0 Å². The molecule has 27 heavy (non-hydrogen) atoms. The molecule has 3 aromatic rings. The number of aliphatic hydroxyl groups excluding tert-OH is 1. The van der Waals surface area contributed by atoms with Gasteiger partial charge in [0.15, 0.2) is 5.65 Å². The van der Waals surface area contributed by atoms with Crippen molar-refractivity contribution in [2.45, 2.75) is 19.3 Å². The van der Waals surface area contributed by atoms with Crippen LogP contribution in [0.15, 0.2) is 24.3 Å². The molecule has 6 nitrogen and oxygen atoms in total. The minimum Gasteiger partial charge on any atom is -0.391 e. The Bertz CT molecular complexity index is 1060. The van der Waals surface area contributed by atoms with E-state index in [4.69, 9.17) is 4.98 Å². The van der Waals surface area contributed by atoms with Gasteiger partial charge in [0, 0.05) is 0 Å². The maximum atomic E-state index is 9.88. The molecule has 1 aromatic carbocycles. The largest absolute Gasteiger partial charge is 0.391 e. The lowest BCUT2D eigenvalue weighted by Crippen LogP contribution is -3.15. The summed E-state index contributed by atoms with van der Waals surface area (Å²) in [5.41, 5.74) is 6.14. The number of imidazole rings is 1. The highest BCUT2D eigenvalue weighted by Crippen LogP contribution is 2.38. The fraction of sp³-hybridized carbons (Fsp3) is 0.429. The molecule has 2 aliphatic rings. The SMILES string of the molecule is N#Cc1c2c(c(N3CC[NH+](CCO)CC3)n3c1nc1ccccc13)CCC2. The number of hydrogen-bond acceptors (Lipinski definition) is 4. The number of para-hydroxylation sites is 2. The Morgan fingerprint density at radius 1 is 1.15 bits per heavy atom. The van der Waals surface area contributed by atoms with Gasteiger partial charge in [-0.15, -0.1) is 0 Å². The van der Waals surface area contributed by atoms with Crippen molar-refractivity contribution in [3.05, 3.63) is 41.0 Å². The maximum Gasteiger partial charge on any atom is 0.157 e. The zero-order valence-corrected chi connectivity index (χ0v) is 15.4. The first-order valence-corrected chi connectivity index (χ1v) is 9.86. The Kier molecular flexibility index (Phi) is 4.00. The maximum absolute atomic E-state index is 9.88. The van der Waals surface area contributed by atoms with Crippen molar-refractivity contribution >= 4 is 22.5 Å². The van der Waals surface area contributed by atoms with E-state index in [-0.39, 0.29) is 6.61 Å². The number of fused-ring (bicyclic) bond motifs is 4. The highest BCUT2D eigenvalue weighted by Gasteiger charge is 2.30. The van der Waals surface area contributed by atoms with E-state index in [0.29, 0.717) is 0 Å². The zero-order valence-electron chi connectivity index (χ0n) is 15.4. The third-order valence-electron chi connectivity index (χ3n) is 6.13. The number of nitriles is 1. The van der Waals surface area contributed by atoms with Crippen LogP contribution in [0.25, 0.3) is 16.7 Å². The molecule has 1 saturated heterocycles. The Morgan fingerprint density at radius 3 is 2.70 bits per heavy atom. The van der Waals surface area contributed by atoms with E-state index < -0.39 is 0 Å². The molecule has 6 heteroatoms. The van der Waals surface area contributed by atoms with Crippen molar-refractivity contribution in [2.75, 3.05) is 44.2 Å². The highest BCUT2D eigenvalue weighted by molar-refractivity contribution is 5.86. The van der Waals surface area contributed by atoms with Gasteiger partial charge < -0.3 is 14.9 Å². The number of nitrogens with zero attached hydrogens (tertiary/aromatic N) is 4. The van der Waals surface area contributed by atoms with Gasteiger partial charge >= 0.3 is 0 Å². The molecular weight excluding hydrogens is 338 g/mol. The number of piperazine rings is 1. The van der Waals surface area contributed by atoms with Gasteiger partial charge in [-0.3, -0.25) is 4.40 Å². The molecule has 2 aromatic heterocycles. The van der Waals surface area contributed by atoms with E-state index in [0.717, 1.165) is 74.2 Å². The van der Waals surface area contributed by atoms with Gasteiger partial charge in [0.1, 0.15) is 18.4 Å². The summed E-state index contributed by atoms with van der Waals surface area (Å²) in [6, 6.07) is 10.6. The van der Waals surface area contributed by atoms with Gasteiger partial charge in [-0.2, -0.15) is 5.26 Å². The first-order chi connectivity index (χ1) is 13.3. The van der Waals surface area contributed by atoms with Crippen LogP contribution in [0.4, 0.5) is 5.82 Å². The van der Waals surface area contributed by atoms with Crippen molar-refractivity contribution in [1.29, 1.82) is 5.26 Å². The predicted octanol–water partition coefficient (Wildman–Crippen LogP) is 0.545. The van der Waals surface area contributed by atoms with E-state index >= 15 is 0 Å². The number of pyridine rings is 1. The van der Waals surface area contributed by atoms with E-state index in [1.165, 1.54) is 21.8 Å². The molecule has 1 aliphatic carbocycles. The lowest BCUT2D eigenvalue weighted by atomic mass is 10.0. The number of quaternary nitrogens is 1. The standard InChI is InChI=1S/C21H23N5O/c22-14-17-15-4-3-5-16(15)21(25-10-8-24(9-11-25)12-13-27)26-19-7-2-1-6-18(19)23-20(17)26/h1-2,6-7,27H,3-5,8-13H2/p+1. The van der Waals surface area contributed by atoms with Gasteiger partial charge in [-0.25, -0.2) is 4.98 Å². The fourth-order valence-corrected chi connectivity index (χ4v) is 4.84. The number of nitrogens with one attached hydrogen (secondary N) is 1. The minimum absolute atomic E-state index is 0.248. The van der Waals surface area contributed by atoms with Crippen LogP contribution in [0, 0.1) is 11.3 Å². The molecule has 0 radical (unpaired) electrons. The van der Waals surface area contributed by atoms with Crippen LogP contribution in [-0.2, 0) is 12.8 Å². The number of aliphatic hydroxyl groups is 1. The van der Waals surface area contributed by atoms with Gasteiger partial charge in [-0.1, -0.05) is 12.1 Å². The van der Waals surface area contributed by atoms with Crippen molar-refractivity contribution in [3.8, 4) is 6.07 Å². The topological polar surface area (TPSA) is 69.0 Å². The molecule has 0 atom stereocenters. The molecule has 0 unspecified atom stereocenters. The average Bonchev–Trinajstić information content (AvgIpc) is 3.32. The second-order valence-electron chi connectivity index (χ2n) is 7.59.